The number of ether oxygens (including phenoxy) is 1. The second-order valence-electron chi connectivity index (χ2n) is 3.81. The highest BCUT2D eigenvalue weighted by Gasteiger charge is 2.12. The molecule has 0 amide bonds. The number of esters is 1. The highest BCUT2D eigenvalue weighted by atomic mass is 127. The van der Waals surface area contributed by atoms with Gasteiger partial charge in [0.2, 0.25) is 0 Å². The number of ketones is 1. The SMILES string of the molecule is CCCCC(=O)c1ccc(OC(=O)CI)cc1O. The summed E-state index contributed by atoms with van der Waals surface area (Å²) in [6.45, 7) is 2.00. The van der Waals surface area contributed by atoms with Gasteiger partial charge in [-0.15, -0.1) is 0 Å². The van der Waals surface area contributed by atoms with Crippen LogP contribution in [0.1, 0.15) is 36.5 Å². The number of benzene rings is 1. The van der Waals surface area contributed by atoms with Crippen molar-refractivity contribution in [1.29, 1.82) is 0 Å². The topological polar surface area (TPSA) is 63.6 Å². The second-order valence-corrected chi connectivity index (χ2v) is 4.58. The van der Waals surface area contributed by atoms with Crippen molar-refractivity contribution >= 4 is 34.3 Å². The van der Waals surface area contributed by atoms with E-state index in [-0.39, 0.29) is 33.2 Å². The molecule has 0 aliphatic rings. The molecule has 0 aliphatic heterocycles. The smallest absolute Gasteiger partial charge is 0.321 e. The summed E-state index contributed by atoms with van der Waals surface area (Å²) in [7, 11) is 0. The number of alkyl halides is 1. The normalized spacial score (nSPS) is 10.1. The molecular weight excluding hydrogens is 347 g/mol. The predicted molar refractivity (Wildman–Crippen MR) is 76.5 cm³/mol. The van der Waals surface area contributed by atoms with Crippen LogP contribution in [-0.2, 0) is 4.79 Å². The van der Waals surface area contributed by atoms with E-state index in [4.69, 9.17) is 4.74 Å². The summed E-state index contributed by atoms with van der Waals surface area (Å²) < 4.78 is 5.17. The standard InChI is InChI=1S/C13H15IO4/c1-2-3-4-11(15)10-6-5-9(7-12(10)16)18-13(17)8-14/h5-7,16H,2-4,8H2,1H3. The number of Topliss-reactive ketones (excluding diaryl/α,β-unsaturated/α-hetero) is 1. The van der Waals surface area contributed by atoms with Crippen LogP contribution < -0.4 is 4.74 Å². The number of hydrogen-bond acceptors (Lipinski definition) is 4. The molecule has 0 bridgehead atoms. The minimum atomic E-state index is -0.389. The van der Waals surface area contributed by atoms with E-state index in [1.807, 2.05) is 29.5 Å². The van der Waals surface area contributed by atoms with Crippen LogP contribution in [0.15, 0.2) is 18.2 Å². The lowest BCUT2D eigenvalue weighted by molar-refractivity contribution is -0.131. The van der Waals surface area contributed by atoms with Crippen LogP contribution in [0.2, 0.25) is 0 Å². The maximum atomic E-state index is 11.7. The van der Waals surface area contributed by atoms with Crippen molar-refractivity contribution in [3.05, 3.63) is 23.8 Å². The van der Waals surface area contributed by atoms with Gasteiger partial charge in [0.25, 0.3) is 0 Å². The van der Waals surface area contributed by atoms with E-state index < -0.39 is 0 Å². The molecule has 0 spiro atoms. The van der Waals surface area contributed by atoms with E-state index in [0.29, 0.717) is 6.42 Å². The molecule has 1 aromatic rings. The van der Waals surface area contributed by atoms with Gasteiger partial charge in [-0.25, -0.2) is 0 Å². The quantitative estimate of drug-likeness (QED) is 0.278. The number of aromatic hydroxyl groups is 1. The van der Waals surface area contributed by atoms with Crippen LogP contribution in [0.3, 0.4) is 0 Å². The minimum Gasteiger partial charge on any atom is -0.507 e. The first-order valence-electron chi connectivity index (χ1n) is 5.71. The minimum absolute atomic E-state index is 0.0962. The Morgan fingerprint density at radius 1 is 1.39 bits per heavy atom. The average Bonchev–Trinajstić information content (AvgIpc) is 2.36. The van der Waals surface area contributed by atoms with E-state index in [1.54, 1.807) is 0 Å². The predicted octanol–water partition coefficient (Wildman–Crippen LogP) is 3.11. The third kappa shape index (κ3) is 4.29. The van der Waals surface area contributed by atoms with Crippen LogP contribution in [0.5, 0.6) is 11.5 Å². The largest absolute Gasteiger partial charge is 0.507 e. The Balaban J connectivity index is 2.79. The molecule has 4 nitrogen and oxygen atoms in total. The number of carbonyl (C=O) groups is 2. The summed E-state index contributed by atoms with van der Waals surface area (Å²) in [5, 5.41) is 9.73. The van der Waals surface area contributed by atoms with E-state index >= 15 is 0 Å². The Morgan fingerprint density at radius 2 is 2.11 bits per heavy atom. The van der Waals surface area contributed by atoms with Crippen molar-refractivity contribution in [1.82, 2.24) is 0 Å². The molecule has 0 aromatic heterocycles. The highest BCUT2D eigenvalue weighted by Crippen LogP contribution is 2.25. The number of unbranched alkanes of at least 4 members (excludes halogenated alkanes) is 1. The fraction of sp³-hybridized carbons (Fsp3) is 0.385. The molecule has 0 heterocycles. The number of rotatable bonds is 6. The van der Waals surface area contributed by atoms with E-state index in [1.165, 1.54) is 18.2 Å². The van der Waals surface area contributed by atoms with Crippen LogP contribution in [0.25, 0.3) is 0 Å². The van der Waals surface area contributed by atoms with Gasteiger partial charge in [0.1, 0.15) is 11.5 Å². The molecule has 5 heteroatoms. The van der Waals surface area contributed by atoms with E-state index in [9.17, 15) is 14.7 Å². The van der Waals surface area contributed by atoms with Gasteiger partial charge in [0.15, 0.2) is 5.78 Å². The van der Waals surface area contributed by atoms with E-state index in [2.05, 4.69) is 0 Å². The van der Waals surface area contributed by atoms with Crippen LogP contribution >= 0.6 is 22.6 Å². The third-order valence-electron chi connectivity index (χ3n) is 2.37. The Kier molecular flexibility index (Phi) is 6.11. The van der Waals surface area contributed by atoms with Crippen LogP contribution in [0, 0.1) is 0 Å². The Bertz CT molecular complexity index is 443. The van der Waals surface area contributed by atoms with Crippen LogP contribution in [-0.4, -0.2) is 21.3 Å². The lowest BCUT2D eigenvalue weighted by atomic mass is 10.0. The van der Waals surface area contributed by atoms with E-state index in [0.717, 1.165) is 12.8 Å². The number of carbonyl (C=O) groups excluding carboxylic acids is 2. The number of phenolic OH excluding ortho intramolecular Hbond substituents is 1. The van der Waals surface area contributed by atoms with Crippen molar-refractivity contribution < 1.29 is 19.4 Å². The third-order valence-corrected chi connectivity index (χ3v) is 2.99. The first-order valence-corrected chi connectivity index (χ1v) is 7.24. The second kappa shape index (κ2) is 7.35. The highest BCUT2D eigenvalue weighted by molar-refractivity contribution is 14.1. The lowest BCUT2D eigenvalue weighted by Gasteiger charge is -2.06. The Hall–Kier alpha value is -1.11. The van der Waals surface area contributed by atoms with Gasteiger partial charge in [0.05, 0.1) is 9.99 Å². The molecule has 0 aliphatic carbocycles. The molecule has 0 radical (unpaired) electrons. The molecule has 1 N–H and O–H groups in total. The zero-order valence-electron chi connectivity index (χ0n) is 10.1. The summed E-state index contributed by atoms with van der Waals surface area (Å²) in [5.41, 5.74) is 0.276. The van der Waals surface area contributed by atoms with Crippen molar-refractivity contribution in [3.8, 4) is 11.5 Å². The molecule has 0 saturated carbocycles. The molecule has 18 heavy (non-hydrogen) atoms. The summed E-state index contributed by atoms with van der Waals surface area (Å²) in [6.07, 6.45) is 2.14. The molecule has 0 unspecified atom stereocenters. The molecular formula is C13H15IO4. The molecule has 1 aromatic carbocycles. The fourth-order valence-corrected chi connectivity index (χ4v) is 1.60. The van der Waals surface area contributed by atoms with Crippen molar-refractivity contribution in [2.45, 2.75) is 26.2 Å². The number of hydrogen-bond donors (Lipinski definition) is 1. The molecule has 1 rings (SSSR count). The first-order chi connectivity index (χ1) is 8.58. The van der Waals surface area contributed by atoms with Crippen molar-refractivity contribution in [2.24, 2.45) is 0 Å². The molecule has 0 atom stereocenters. The lowest BCUT2D eigenvalue weighted by Crippen LogP contribution is -2.08. The number of halogens is 1. The molecule has 0 saturated heterocycles. The first kappa shape index (κ1) is 14.9. The van der Waals surface area contributed by atoms with Gasteiger partial charge in [0, 0.05) is 12.5 Å². The van der Waals surface area contributed by atoms with Gasteiger partial charge in [-0.3, -0.25) is 9.59 Å². The summed E-state index contributed by atoms with van der Waals surface area (Å²) >= 11 is 1.89. The van der Waals surface area contributed by atoms with Gasteiger partial charge in [-0.1, -0.05) is 35.9 Å². The summed E-state index contributed by atoms with van der Waals surface area (Å²) in [6, 6.07) is 4.30. The summed E-state index contributed by atoms with van der Waals surface area (Å²) in [4.78, 5) is 22.8. The Labute approximate surface area is 119 Å². The maximum absolute atomic E-state index is 11.7. The average molecular weight is 362 g/mol. The zero-order valence-corrected chi connectivity index (χ0v) is 12.3. The fourth-order valence-electron chi connectivity index (χ4n) is 1.44. The van der Waals surface area contributed by atoms with Crippen molar-refractivity contribution in [3.63, 3.8) is 0 Å². The van der Waals surface area contributed by atoms with Crippen LogP contribution in [0.4, 0.5) is 0 Å². The zero-order chi connectivity index (χ0) is 13.5. The van der Waals surface area contributed by atoms with Gasteiger partial charge >= 0.3 is 5.97 Å². The van der Waals surface area contributed by atoms with Gasteiger partial charge in [-0.05, 0) is 18.6 Å². The number of phenols is 1. The summed E-state index contributed by atoms with van der Waals surface area (Å²) in [5.74, 6) is -0.378. The molecule has 98 valence electrons. The van der Waals surface area contributed by atoms with Gasteiger partial charge < -0.3 is 9.84 Å². The van der Waals surface area contributed by atoms with Gasteiger partial charge in [-0.2, -0.15) is 0 Å². The molecule has 0 fully saturated rings. The monoisotopic (exact) mass is 362 g/mol. The Morgan fingerprint density at radius 3 is 2.67 bits per heavy atom. The van der Waals surface area contributed by atoms with Crippen molar-refractivity contribution in [2.75, 3.05) is 4.43 Å². The maximum Gasteiger partial charge on any atom is 0.321 e.